The predicted molar refractivity (Wildman–Crippen MR) is 70.3 cm³/mol. The van der Waals surface area contributed by atoms with Crippen LogP contribution in [-0.2, 0) is 11.3 Å². The maximum atomic E-state index is 12.5. The van der Waals surface area contributed by atoms with Crippen molar-refractivity contribution in [3.8, 4) is 0 Å². The van der Waals surface area contributed by atoms with Crippen molar-refractivity contribution in [2.24, 2.45) is 0 Å². The Bertz CT molecular complexity index is 460. The van der Waals surface area contributed by atoms with E-state index in [2.05, 4.69) is 35.9 Å². The first kappa shape index (κ1) is 11.8. The number of hydrogen-bond donors (Lipinski definition) is 1. The zero-order chi connectivity index (χ0) is 12.7. The average Bonchev–Trinajstić information content (AvgIpc) is 2.99. The molecule has 2 aliphatic heterocycles. The smallest absolute Gasteiger partial charge is 0.240 e. The summed E-state index contributed by atoms with van der Waals surface area (Å²) in [5, 5.41) is 3.31. The summed E-state index contributed by atoms with van der Waals surface area (Å²) in [5.41, 5.74) is 2.56. The summed E-state index contributed by atoms with van der Waals surface area (Å²) < 4.78 is 2.33. The highest BCUT2D eigenvalue weighted by molar-refractivity contribution is 5.82. The van der Waals surface area contributed by atoms with Gasteiger partial charge in [0.2, 0.25) is 5.91 Å². The highest BCUT2D eigenvalue weighted by Gasteiger charge is 2.33. The minimum atomic E-state index is 0.0510. The molecule has 0 radical (unpaired) electrons. The van der Waals surface area contributed by atoms with E-state index in [-0.39, 0.29) is 18.0 Å². The maximum absolute atomic E-state index is 12.5. The third kappa shape index (κ3) is 1.75. The fourth-order valence-corrected chi connectivity index (χ4v) is 3.22. The molecule has 3 heterocycles. The summed E-state index contributed by atoms with van der Waals surface area (Å²) in [6.07, 6.45) is 2.11. The molecule has 3 rings (SSSR count). The topological polar surface area (TPSA) is 37.3 Å². The monoisotopic (exact) mass is 247 g/mol. The molecule has 0 saturated carbocycles. The molecule has 2 aliphatic rings. The largest absolute Gasteiger partial charge is 0.345 e. The molecule has 1 fully saturated rings. The van der Waals surface area contributed by atoms with Crippen molar-refractivity contribution in [1.82, 2.24) is 14.8 Å². The summed E-state index contributed by atoms with van der Waals surface area (Å²) in [6.45, 7) is 7.01. The molecule has 1 aromatic heterocycles. The third-order valence-corrected chi connectivity index (χ3v) is 4.33. The molecule has 0 bridgehead atoms. The van der Waals surface area contributed by atoms with E-state index in [0.29, 0.717) is 0 Å². The maximum Gasteiger partial charge on any atom is 0.240 e. The fourth-order valence-electron chi connectivity index (χ4n) is 3.22. The first-order chi connectivity index (χ1) is 8.68. The lowest BCUT2D eigenvalue weighted by Gasteiger charge is -2.37. The van der Waals surface area contributed by atoms with Crippen LogP contribution >= 0.6 is 0 Å². The predicted octanol–water partition coefficient (Wildman–Crippen LogP) is 1.45. The number of rotatable bonds is 1. The number of fused-ring (bicyclic) bond motifs is 1. The van der Waals surface area contributed by atoms with Gasteiger partial charge in [-0.2, -0.15) is 0 Å². The zero-order valence-electron chi connectivity index (χ0n) is 11.1. The van der Waals surface area contributed by atoms with Gasteiger partial charge in [0.1, 0.15) is 0 Å². The molecule has 4 nitrogen and oxygen atoms in total. The summed E-state index contributed by atoms with van der Waals surface area (Å²) in [7, 11) is 0. The van der Waals surface area contributed by atoms with Crippen LogP contribution in [0.3, 0.4) is 0 Å². The molecule has 2 unspecified atom stereocenters. The van der Waals surface area contributed by atoms with Crippen molar-refractivity contribution in [2.45, 2.75) is 45.3 Å². The normalized spacial score (nSPS) is 27.3. The Morgan fingerprint density at radius 1 is 1.39 bits per heavy atom. The van der Waals surface area contributed by atoms with Crippen molar-refractivity contribution >= 4 is 5.91 Å². The van der Waals surface area contributed by atoms with Crippen LogP contribution in [0.2, 0.25) is 0 Å². The van der Waals surface area contributed by atoms with Gasteiger partial charge in [0.05, 0.1) is 12.1 Å². The standard InChI is InChI=1S/C14H21N3O/c1-10-5-6-13-11(2)17(9-8-16(10)13)14(18)12-4-3-7-15-12/h5-6,11-12,15H,3-4,7-9H2,1-2H3. The van der Waals surface area contributed by atoms with Crippen LogP contribution in [0, 0.1) is 6.92 Å². The minimum absolute atomic E-state index is 0.0510. The van der Waals surface area contributed by atoms with Gasteiger partial charge >= 0.3 is 0 Å². The van der Waals surface area contributed by atoms with Gasteiger partial charge in [0.15, 0.2) is 0 Å². The van der Waals surface area contributed by atoms with E-state index in [0.717, 1.165) is 32.5 Å². The van der Waals surface area contributed by atoms with Gasteiger partial charge in [0, 0.05) is 24.5 Å². The zero-order valence-corrected chi connectivity index (χ0v) is 11.1. The first-order valence-electron chi connectivity index (χ1n) is 6.88. The molecule has 1 aromatic rings. The van der Waals surface area contributed by atoms with Crippen molar-refractivity contribution < 1.29 is 4.79 Å². The Balaban J connectivity index is 1.81. The molecule has 2 atom stereocenters. The lowest BCUT2D eigenvalue weighted by molar-refractivity contribution is -0.136. The summed E-state index contributed by atoms with van der Waals surface area (Å²) in [6, 6.07) is 4.55. The van der Waals surface area contributed by atoms with Crippen LogP contribution in [0.25, 0.3) is 0 Å². The van der Waals surface area contributed by atoms with Gasteiger partial charge in [-0.05, 0) is 45.4 Å². The fraction of sp³-hybridized carbons (Fsp3) is 0.643. The van der Waals surface area contributed by atoms with Crippen molar-refractivity contribution in [1.29, 1.82) is 0 Å². The Kier molecular flexibility index (Phi) is 2.90. The highest BCUT2D eigenvalue weighted by atomic mass is 16.2. The average molecular weight is 247 g/mol. The van der Waals surface area contributed by atoms with Gasteiger partial charge in [-0.15, -0.1) is 0 Å². The van der Waals surface area contributed by atoms with E-state index in [4.69, 9.17) is 0 Å². The number of nitrogens with one attached hydrogen (secondary N) is 1. The number of nitrogens with zero attached hydrogens (tertiary/aromatic N) is 2. The van der Waals surface area contributed by atoms with Crippen LogP contribution < -0.4 is 5.32 Å². The lowest BCUT2D eigenvalue weighted by atomic mass is 10.1. The van der Waals surface area contributed by atoms with Crippen molar-refractivity contribution in [3.05, 3.63) is 23.5 Å². The molecular weight excluding hydrogens is 226 g/mol. The lowest BCUT2D eigenvalue weighted by Crippen LogP contribution is -2.48. The molecule has 0 aliphatic carbocycles. The number of aromatic nitrogens is 1. The molecule has 1 saturated heterocycles. The van der Waals surface area contributed by atoms with Gasteiger partial charge < -0.3 is 14.8 Å². The summed E-state index contributed by atoms with van der Waals surface area (Å²) in [5.74, 6) is 0.283. The van der Waals surface area contributed by atoms with Crippen LogP contribution in [0.15, 0.2) is 12.1 Å². The van der Waals surface area contributed by atoms with E-state index in [1.807, 2.05) is 4.90 Å². The van der Waals surface area contributed by atoms with E-state index in [9.17, 15) is 4.79 Å². The molecule has 18 heavy (non-hydrogen) atoms. The number of carbonyl (C=O) groups is 1. The second-order valence-electron chi connectivity index (χ2n) is 5.41. The quantitative estimate of drug-likeness (QED) is 0.815. The minimum Gasteiger partial charge on any atom is -0.345 e. The van der Waals surface area contributed by atoms with E-state index in [1.165, 1.54) is 11.4 Å². The van der Waals surface area contributed by atoms with E-state index in [1.54, 1.807) is 0 Å². The second-order valence-corrected chi connectivity index (χ2v) is 5.41. The molecule has 1 amide bonds. The molecular formula is C14H21N3O. The van der Waals surface area contributed by atoms with Crippen LogP contribution in [0.5, 0.6) is 0 Å². The Morgan fingerprint density at radius 3 is 2.94 bits per heavy atom. The Hall–Kier alpha value is -1.29. The Morgan fingerprint density at radius 2 is 2.22 bits per heavy atom. The molecule has 0 aromatic carbocycles. The van der Waals surface area contributed by atoms with Crippen molar-refractivity contribution in [2.75, 3.05) is 13.1 Å². The third-order valence-electron chi connectivity index (χ3n) is 4.33. The molecule has 0 spiro atoms. The number of amides is 1. The van der Waals surface area contributed by atoms with Gasteiger partial charge in [-0.1, -0.05) is 0 Å². The van der Waals surface area contributed by atoms with Gasteiger partial charge in [-0.3, -0.25) is 4.79 Å². The van der Waals surface area contributed by atoms with Gasteiger partial charge in [-0.25, -0.2) is 0 Å². The molecule has 98 valence electrons. The second kappa shape index (κ2) is 4.43. The first-order valence-corrected chi connectivity index (χ1v) is 6.88. The van der Waals surface area contributed by atoms with E-state index >= 15 is 0 Å². The van der Waals surface area contributed by atoms with Crippen LogP contribution in [0.4, 0.5) is 0 Å². The summed E-state index contributed by atoms with van der Waals surface area (Å²) in [4.78, 5) is 14.5. The van der Waals surface area contributed by atoms with Crippen LogP contribution in [-0.4, -0.2) is 34.5 Å². The summed E-state index contributed by atoms with van der Waals surface area (Å²) >= 11 is 0. The molecule has 1 N–H and O–H groups in total. The van der Waals surface area contributed by atoms with Gasteiger partial charge in [0.25, 0.3) is 0 Å². The molecule has 4 heteroatoms. The Labute approximate surface area is 108 Å². The van der Waals surface area contributed by atoms with Crippen molar-refractivity contribution in [3.63, 3.8) is 0 Å². The van der Waals surface area contributed by atoms with E-state index < -0.39 is 0 Å². The number of hydrogen-bond acceptors (Lipinski definition) is 2. The number of aryl methyl sites for hydroxylation is 1. The number of carbonyl (C=O) groups excluding carboxylic acids is 1. The highest BCUT2D eigenvalue weighted by Crippen LogP contribution is 2.28. The SMILES string of the molecule is Cc1ccc2n1CCN(C(=O)C1CCCN1)C2C. The van der Waals surface area contributed by atoms with Crippen LogP contribution in [0.1, 0.15) is 37.2 Å².